The Labute approximate surface area is 96.2 Å². The molecule has 1 fully saturated rings. The van der Waals surface area contributed by atoms with Crippen molar-refractivity contribution in [2.75, 3.05) is 6.61 Å². The predicted octanol–water partition coefficient (Wildman–Crippen LogP) is 1.29. The first-order valence-corrected chi connectivity index (χ1v) is 5.92. The van der Waals surface area contributed by atoms with Crippen molar-refractivity contribution in [2.45, 2.75) is 51.9 Å². The predicted molar refractivity (Wildman–Crippen MR) is 61.3 cm³/mol. The maximum Gasteiger partial charge on any atom is 0.0982 e. The van der Waals surface area contributed by atoms with Crippen LogP contribution in [0.1, 0.15) is 31.7 Å². The average Bonchev–Trinajstić information content (AvgIpc) is 2.72. The maximum absolute atomic E-state index is 10.5. The maximum atomic E-state index is 10.5. The summed E-state index contributed by atoms with van der Waals surface area (Å²) in [5, 5.41) is 14.9. The van der Waals surface area contributed by atoms with E-state index in [1.54, 1.807) is 0 Å². The Bertz CT molecular complexity index is 375. The summed E-state index contributed by atoms with van der Waals surface area (Å²) < 4.78 is 7.40. The number of ether oxygens (including phenoxy) is 1. The average molecular weight is 224 g/mol. The molecule has 0 radical (unpaired) electrons. The van der Waals surface area contributed by atoms with E-state index < -0.39 is 5.60 Å². The molecule has 0 bridgehead atoms. The molecule has 1 aliphatic heterocycles. The van der Waals surface area contributed by atoms with Gasteiger partial charge in [0, 0.05) is 31.7 Å². The summed E-state index contributed by atoms with van der Waals surface area (Å²) in [6.07, 6.45) is 1.25. The zero-order chi connectivity index (χ0) is 11.8. The summed E-state index contributed by atoms with van der Waals surface area (Å²) in [6.45, 7) is 7.47. The van der Waals surface area contributed by atoms with E-state index >= 15 is 0 Å². The van der Waals surface area contributed by atoms with Crippen molar-refractivity contribution < 1.29 is 9.84 Å². The van der Waals surface area contributed by atoms with Crippen LogP contribution in [-0.2, 0) is 17.7 Å². The molecule has 2 heterocycles. The fraction of sp³-hybridized carbons (Fsp3) is 0.750. The van der Waals surface area contributed by atoms with E-state index in [9.17, 15) is 5.11 Å². The Hall–Kier alpha value is -0.870. The lowest BCUT2D eigenvalue weighted by atomic mass is 9.91. The first kappa shape index (κ1) is 11.6. The zero-order valence-corrected chi connectivity index (χ0v) is 10.2. The minimum atomic E-state index is -0.723. The highest BCUT2D eigenvalue weighted by Gasteiger charge is 2.40. The summed E-state index contributed by atoms with van der Waals surface area (Å²) >= 11 is 0. The topological polar surface area (TPSA) is 47.3 Å². The van der Waals surface area contributed by atoms with Gasteiger partial charge in [-0.2, -0.15) is 5.10 Å². The largest absolute Gasteiger partial charge is 0.387 e. The van der Waals surface area contributed by atoms with Crippen LogP contribution in [0.3, 0.4) is 0 Å². The molecule has 2 rings (SSSR count). The van der Waals surface area contributed by atoms with Crippen LogP contribution in [0, 0.1) is 6.92 Å². The van der Waals surface area contributed by atoms with Crippen molar-refractivity contribution >= 4 is 0 Å². The first-order chi connectivity index (χ1) is 7.55. The third kappa shape index (κ3) is 1.99. The van der Waals surface area contributed by atoms with Gasteiger partial charge in [-0.3, -0.25) is 4.68 Å². The van der Waals surface area contributed by atoms with Crippen LogP contribution >= 0.6 is 0 Å². The van der Waals surface area contributed by atoms with Gasteiger partial charge in [0.1, 0.15) is 0 Å². The highest BCUT2D eigenvalue weighted by Crippen LogP contribution is 2.29. The molecule has 0 amide bonds. The summed E-state index contributed by atoms with van der Waals surface area (Å²) in [5.74, 6) is 0. The van der Waals surface area contributed by atoms with Crippen molar-refractivity contribution in [3.05, 3.63) is 17.5 Å². The monoisotopic (exact) mass is 224 g/mol. The van der Waals surface area contributed by atoms with Crippen molar-refractivity contribution in [1.82, 2.24) is 9.78 Å². The molecule has 16 heavy (non-hydrogen) atoms. The second-order valence-electron chi connectivity index (χ2n) is 4.64. The van der Waals surface area contributed by atoms with Crippen LogP contribution in [-0.4, -0.2) is 33.2 Å². The summed E-state index contributed by atoms with van der Waals surface area (Å²) in [4.78, 5) is 0. The second kappa shape index (κ2) is 4.18. The Balaban J connectivity index is 2.19. The van der Waals surface area contributed by atoms with Crippen molar-refractivity contribution in [3.63, 3.8) is 0 Å². The Kier molecular flexibility index (Phi) is 3.04. The van der Waals surface area contributed by atoms with Gasteiger partial charge in [-0.25, -0.2) is 0 Å². The van der Waals surface area contributed by atoms with Gasteiger partial charge >= 0.3 is 0 Å². The minimum absolute atomic E-state index is 0.0898. The highest BCUT2D eigenvalue weighted by atomic mass is 16.5. The number of aliphatic hydroxyl groups is 1. The fourth-order valence-electron chi connectivity index (χ4n) is 2.33. The molecule has 0 spiro atoms. The minimum Gasteiger partial charge on any atom is -0.387 e. The number of aryl methyl sites for hydroxylation is 2. The molecule has 4 nitrogen and oxygen atoms in total. The standard InChI is InChI=1S/C12H20N2O2/c1-4-14-11(7-9(2)13-14)8-12(15)5-6-16-10(12)3/h7,10,15H,4-6,8H2,1-3H3. The lowest BCUT2D eigenvalue weighted by Gasteiger charge is -2.26. The highest BCUT2D eigenvalue weighted by molar-refractivity contribution is 5.13. The molecule has 0 aromatic carbocycles. The van der Waals surface area contributed by atoms with Crippen LogP contribution in [0.5, 0.6) is 0 Å². The van der Waals surface area contributed by atoms with E-state index in [-0.39, 0.29) is 6.10 Å². The molecular weight excluding hydrogens is 204 g/mol. The molecule has 2 atom stereocenters. The van der Waals surface area contributed by atoms with E-state index in [1.165, 1.54) is 0 Å². The van der Waals surface area contributed by atoms with Crippen LogP contribution < -0.4 is 0 Å². The SMILES string of the molecule is CCn1nc(C)cc1CC1(O)CCOC1C. The molecule has 90 valence electrons. The smallest absolute Gasteiger partial charge is 0.0982 e. The van der Waals surface area contributed by atoms with Crippen molar-refractivity contribution in [1.29, 1.82) is 0 Å². The van der Waals surface area contributed by atoms with Gasteiger partial charge in [0.05, 0.1) is 17.4 Å². The van der Waals surface area contributed by atoms with Gasteiger partial charge in [0.2, 0.25) is 0 Å². The molecule has 0 saturated carbocycles. The van der Waals surface area contributed by atoms with Crippen LogP contribution in [0.25, 0.3) is 0 Å². The molecule has 1 saturated heterocycles. The van der Waals surface area contributed by atoms with Gasteiger partial charge < -0.3 is 9.84 Å². The molecule has 1 aromatic rings. The first-order valence-electron chi connectivity index (χ1n) is 5.92. The van der Waals surface area contributed by atoms with Crippen LogP contribution in [0.4, 0.5) is 0 Å². The normalized spacial score (nSPS) is 29.9. The zero-order valence-electron chi connectivity index (χ0n) is 10.2. The number of nitrogens with zero attached hydrogens (tertiary/aromatic N) is 2. The van der Waals surface area contributed by atoms with Crippen molar-refractivity contribution in [3.8, 4) is 0 Å². The Morgan fingerprint density at radius 2 is 2.44 bits per heavy atom. The van der Waals surface area contributed by atoms with E-state index in [2.05, 4.69) is 12.0 Å². The van der Waals surface area contributed by atoms with Gasteiger partial charge in [-0.1, -0.05) is 0 Å². The number of hydrogen-bond acceptors (Lipinski definition) is 3. The lowest BCUT2D eigenvalue weighted by Crippen LogP contribution is -2.39. The van der Waals surface area contributed by atoms with E-state index in [0.29, 0.717) is 19.4 Å². The fourth-order valence-corrected chi connectivity index (χ4v) is 2.33. The van der Waals surface area contributed by atoms with Gasteiger partial charge in [0.25, 0.3) is 0 Å². The molecule has 1 N–H and O–H groups in total. The number of hydrogen-bond donors (Lipinski definition) is 1. The third-order valence-electron chi connectivity index (χ3n) is 3.43. The molecule has 1 aromatic heterocycles. The van der Waals surface area contributed by atoms with Gasteiger partial charge in [-0.15, -0.1) is 0 Å². The quantitative estimate of drug-likeness (QED) is 0.841. The Morgan fingerprint density at radius 1 is 1.69 bits per heavy atom. The van der Waals surface area contributed by atoms with Gasteiger partial charge in [-0.05, 0) is 26.8 Å². The number of aromatic nitrogens is 2. The molecule has 4 heteroatoms. The van der Waals surface area contributed by atoms with E-state index in [0.717, 1.165) is 17.9 Å². The molecule has 1 aliphatic rings. The molecular formula is C12H20N2O2. The molecule has 0 aliphatic carbocycles. The van der Waals surface area contributed by atoms with Crippen LogP contribution in [0.15, 0.2) is 6.07 Å². The van der Waals surface area contributed by atoms with Crippen LogP contribution in [0.2, 0.25) is 0 Å². The summed E-state index contributed by atoms with van der Waals surface area (Å²) in [6, 6.07) is 2.05. The second-order valence-corrected chi connectivity index (χ2v) is 4.64. The molecule has 2 unspecified atom stereocenters. The summed E-state index contributed by atoms with van der Waals surface area (Å²) in [5.41, 5.74) is 1.38. The van der Waals surface area contributed by atoms with E-state index in [4.69, 9.17) is 4.74 Å². The third-order valence-corrected chi connectivity index (χ3v) is 3.43. The Morgan fingerprint density at radius 3 is 3.00 bits per heavy atom. The number of rotatable bonds is 3. The van der Waals surface area contributed by atoms with E-state index in [1.807, 2.05) is 24.6 Å². The van der Waals surface area contributed by atoms with Gasteiger partial charge in [0.15, 0.2) is 0 Å². The lowest BCUT2D eigenvalue weighted by molar-refractivity contribution is -0.0280. The van der Waals surface area contributed by atoms with Crippen molar-refractivity contribution in [2.24, 2.45) is 0 Å². The summed E-state index contributed by atoms with van der Waals surface area (Å²) in [7, 11) is 0.